The van der Waals surface area contributed by atoms with Crippen molar-refractivity contribution in [2.24, 2.45) is 17.8 Å². The zero-order valence-electron chi connectivity index (χ0n) is 15.6. The van der Waals surface area contributed by atoms with Gasteiger partial charge in [-0.25, -0.2) is 0 Å². The SMILES string of the molecule is CCCC1C[C@@H](CC)CC2CC=C(O)C3Oc4c(OC)cccc4C213. The van der Waals surface area contributed by atoms with Crippen LogP contribution in [0.5, 0.6) is 11.5 Å². The van der Waals surface area contributed by atoms with Crippen molar-refractivity contribution in [2.75, 3.05) is 7.11 Å². The van der Waals surface area contributed by atoms with Crippen LogP contribution in [0.3, 0.4) is 0 Å². The third-order valence-electron chi connectivity index (χ3n) is 7.02. The summed E-state index contributed by atoms with van der Waals surface area (Å²) < 4.78 is 12.0. The molecule has 3 heteroatoms. The second kappa shape index (κ2) is 6.26. The summed E-state index contributed by atoms with van der Waals surface area (Å²) in [7, 11) is 1.70. The van der Waals surface area contributed by atoms with Crippen molar-refractivity contribution in [1.82, 2.24) is 0 Å². The van der Waals surface area contributed by atoms with Gasteiger partial charge in [-0.15, -0.1) is 0 Å². The van der Waals surface area contributed by atoms with Gasteiger partial charge in [0.05, 0.1) is 7.11 Å². The second-order valence-corrected chi connectivity index (χ2v) is 8.06. The number of methoxy groups -OCH3 is 1. The molecule has 3 aliphatic rings. The summed E-state index contributed by atoms with van der Waals surface area (Å²) in [6.45, 7) is 4.60. The predicted octanol–water partition coefficient (Wildman–Crippen LogP) is 5.39. The number of hydrogen-bond donors (Lipinski definition) is 1. The van der Waals surface area contributed by atoms with Gasteiger partial charge in [-0.1, -0.05) is 38.8 Å². The quantitative estimate of drug-likeness (QED) is 0.797. The van der Waals surface area contributed by atoms with Gasteiger partial charge in [0.2, 0.25) is 0 Å². The molecule has 5 atom stereocenters. The number of ether oxygens (including phenoxy) is 2. The van der Waals surface area contributed by atoms with Crippen molar-refractivity contribution in [3.63, 3.8) is 0 Å². The standard InChI is InChI=1S/C22H30O3/c1-4-7-15-12-14(5-2)13-16-10-11-18(23)21-22(15,16)17-8-6-9-19(24-3)20(17)25-21/h6,8-9,11,14-16,21,23H,4-5,7,10,12-13H2,1-3H3/t14-,15?,16?,21?,22?/m1/s1. The first-order chi connectivity index (χ1) is 12.2. The van der Waals surface area contributed by atoms with E-state index in [4.69, 9.17) is 9.47 Å². The lowest BCUT2D eigenvalue weighted by atomic mass is 9.49. The first-order valence-electron chi connectivity index (χ1n) is 9.89. The smallest absolute Gasteiger partial charge is 0.166 e. The fourth-order valence-corrected chi connectivity index (χ4v) is 5.99. The molecule has 3 nitrogen and oxygen atoms in total. The number of aliphatic hydroxyl groups excluding tert-OH is 1. The summed E-state index contributed by atoms with van der Waals surface area (Å²) >= 11 is 0. The number of fused-ring (bicyclic) bond motifs is 1. The number of allylic oxidation sites excluding steroid dienone is 1. The molecule has 4 unspecified atom stereocenters. The largest absolute Gasteiger partial charge is 0.509 e. The van der Waals surface area contributed by atoms with E-state index in [9.17, 15) is 5.11 Å². The van der Waals surface area contributed by atoms with Crippen molar-refractivity contribution in [3.05, 3.63) is 35.6 Å². The topological polar surface area (TPSA) is 38.7 Å². The van der Waals surface area contributed by atoms with Gasteiger partial charge in [0.25, 0.3) is 0 Å². The Labute approximate surface area is 151 Å². The normalized spacial score (nSPS) is 35.9. The highest BCUT2D eigenvalue weighted by Gasteiger charge is 2.63. The molecule has 1 aromatic rings. The van der Waals surface area contributed by atoms with E-state index in [-0.39, 0.29) is 11.5 Å². The maximum absolute atomic E-state index is 10.8. The van der Waals surface area contributed by atoms with Crippen LogP contribution in [0.15, 0.2) is 30.0 Å². The molecule has 1 N–H and O–H groups in total. The Kier molecular flexibility index (Phi) is 4.21. The third kappa shape index (κ3) is 2.24. The van der Waals surface area contributed by atoms with E-state index in [1.165, 1.54) is 37.7 Å². The number of hydrogen-bond acceptors (Lipinski definition) is 3. The Bertz CT molecular complexity index is 680. The summed E-state index contributed by atoms with van der Waals surface area (Å²) in [6.07, 6.45) is 8.81. The van der Waals surface area contributed by atoms with E-state index in [2.05, 4.69) is 26.0 Å². The van der Waals surface area contributed by atoms with Crippen molar-refractivity contribution in [1.29, 1.82) is 0 Å². The highest BCUT2D eigenvalue weighted by Crippen LogP contribution is 2.64. The molecule has 1 saturated carbocycles. The molecule has 0 bridgehead atoms. The van der Waals surface area contributed by atoms with E-state index in [1.54, 1.807) is 7.11 Å². The molecule has 1 heterocycles. The maximum Gasteiger partial charge on any atom is 0.166 e. The fourth-order valence-electron chi connectivity index (χ4n) is 5.99. The summed E-state index contributed by atoms with van der Waals surface area (Å²) in [5, 5.41) is 10.8. The molecule has 0 saturated heterocycles. The van der Waals surface area contributed by atoms with Crippen LogP contribution in [-0.2, 0) is 5.41 Å². The highest BCUT2D eigenvalue weighted by atomic mass is 16.5. The summed E-state index contributed by atoms with van der Waals surface area (Å²) in [4.78, 5) is 0. The van der Waals surface area contributed by atoms with E-state index in [1.807, 2.05) is 12.1 Å². The summed E-state index contributed by atoms with van der Waals surface area (Å²) in [5.74, 6) is 3.95. The van der Waals surface area contributed by atoms with E-state index < -0.39 is 0 Å². The van der Waals surface area contributed by atoms with Gasteiger partial charge >= 0.3 is 0 Å². The van der Waals surface area contributed by atoms with Gasteiger partial charge in [0, 0.05) is 11.0 Å². The van der Waals surface area contributed by atoms with Crippen LogP contribution in [0.2, 0.25) is 0 Å². The monoisotopic (exact) mass is 342 g/mol. The molecular weight excluding hydrogens is 312 g/mol. The molecule has 25 heavy (non-hydrogen) atoms. The zero-order valence-corrected chi connectivity index (χ0v) is 15.6. The number of benzene rings is 1. The van der Waals surface area contributed by atoms with Crippen LogP contribution >= 0.6 is 0 Å². The lowest BCUT2D eigenvalue weighted by Crippen LogP contribution is -2.56. The Balaban J connectivity index is 1.91. The summed E-state index contributed by atoms with van der Waals surface area (Å²) in [6, 6.07) is 6.27. The van der Waals surface area contributed by atoms with Crippen LogP contribution in [0.4, 0.5) is 0 Å². The summed E-state index contributed by atoms with van der Waals surface area (Å²) in [5.41, 5.74) is 1.18. The van der Waals surface area contributed by atoms with Crippen LogP contribution in [-0.4, -0.2) is 18.3 Å². The zero-order chi connectivity index (χ0) is 17.6. The molecule has 0 aromatic heterocycles. The number of rotatable bonds is 4. The van der Waals surface area contributed by atoms with Gasteiger partial charge in [0.1, 0.15) is 5.76 Å². The molecule has 0 radical (unpaired) electrons. The molecule has 1 aromatic carbocycles. The van der Waals surface area contributed by atoms with Crippen molar-refractivity contribution in [2.45, 2.75) is 63.9 Å². The van der Waals surface area contributed by atoms with Crippen LogP contribution < -0.4 is 9.47 Å². The van der Waals surface area contributed by atoms with Gasteiger partial charge in [-0.3, -0.25) is 0 Å². The van der Waals surface area contributed by atoms with Crippen LogP contribution in [0, 0.1) is 17.8 Å². The first-order valence-corrected chi connectivity index (χ1v) is 9.89. The van der Waals surface area contributed by atoms with Gasteiger partial charge in [0.15, 0.2) is 17.6 Å². The lowest BCUT2D eigenvalue weighted by molar-refractivity contribution is -0.0182. The number of aliphatic hydroxyl groups is 1. The molecular formula is C22H30O3. The second-order valence-electron chi connectivity index (χ2n) is 8.06. The first kappa shape index (κ1) is 16.8. The number of para-hydroxylation sites is 1. The predicted molar refractivity (Wildman–Crippen MR) is 99.3 cm³/mol. The average molecular weight is 342 g/mol. The van der Waals surface area contributed by atoms with Gasteiger partial charge in [-0.2, -0.15) is 0 Å². The van der Waals surface area contributed by atoms with Gasteiger partial charge < -0.3 is 14.6 Å². The minimum Gasteiger partial charge on any atom is -0.509 e. The lowest BCUT2D eigenvalue weighted by Gasteiger charge is -2.53. The fraction of sp³-hybridized carbons (Fsp3) is 0.636. The van der Waals surface area contributed by atoms with E-state index in [0.29, 0.717) is 17.6 Å². The molecule has 1 spiro atoms. The van der Waals surface area contributed by atoms with Crippen LogP contribution in [0.1, 0.15) is 57.9 Å². The minimum absolute atomic E-state index is 0.0929. The Hall–Kier alpha value is -1.64. The molecule has 136 valence electrons. The van der Waals surface area contributed by atoms with Crippen molar-refractivity contribution >= 4 is 0 Å². The molecule has 1 aliphatic heterocycles. The molecule has 4 rings (SSSR count). The Morgan fingerprint density at radius 1 is 1.28 bits per heavy atom. The molecule has 1 fully saturated rings. The minimum atomic E-state index is -0.244. The van der Waals surface area contributed by atoms with Crippen LogP contribution in [0.25, 0.3) is 0 Å². The maximum atomic E-state index is 10.8. The average Bonchev–Trinajstić information content (AvgIpc) is 2.99. The van der Waals surface area contributed by atoms with Crippen molar-refractivity contribution in [3.8, 4) is 11.5 Å². The molecule has 2 aliphatic carbocycles. The van der Waals surface area contributed by atoms with Crippen molar-refractivity contribution < 1.29 is 14.6 Å². The van der Waals surface area contributed by atoms with Gasteiger partial charge in [-0.05, 0) is 55.6 Å². The third-order valence-corrected chi connectivity index (χ3v) is 7.02. The molecule has 0 amide bonds. The Morgan fingerprint density at radius 2 is 2.12 bits per heavy atom. The Morgan fingerprint density at radius 3 is 2.84 bits per heavy atom. The van der Waals surface area contributed by atoms with E-state index >= 15 is 0 Å². The van der Waals surface area contributed by atoms with E-state index in [0.717, 1.165) is 23.8 Å². The highest BCUT2D eigenvalue weighted by molar-refractivity contribution is 5.57.